The van der Waals surface area contributed by atoms with Crippen molar-refractivity contribution in [2.45, 2.75) is 110 Å². The van der Waals surface area contributed by atoms with Crippen molar-refractivity contribution in [3.63, 3.8) is 0 Å². The molecule has 0 spiro atoms. The van der Waals surface area contributed by atoms with E-state index >= 15 is 0 Å². The summed E-state index contributed by atoms with van der Waals surface area (Å²) in [4.78, 5) is 50.2. The molecule has 1 rings (SSSR count). The molecule has 0 aromatic rings. The van der Waals surface area contributed by atoms with E-state index < -0.39 is 64.6 Å². The molecule has 0 saturated carbocycles. The molecule has 10 nitrogen and oxygen atoms in total. The first-order chi connectivity index (χ1) is 19.0. The van der Waals surface area contributed by atoms with Crippen LogP contribution in [0.4, 0.5) is 0 Å². The van der Waals surface area contributed by atoms with Crippen molar-refractivity contribution in [1.82, 2.24) is 0 Å². The molecule has 0 unspecified atom stereocenters. The lowest BCUT2D eigenvalue weighted by atomic mass is 9.98. The van der Waals surface area contributed by atoms with Gasteiger partial charge in [-0.25, -0.2) is 10.0 Å². The lowest BCUT2D eigenvalue weighted by molar-refractivity contribution is -0.308. The number of terminal acetylenes is 1. The monoisotopic (exact) mass is 588 g/mol. The third-order valence-corrected chi connectivity index (χ3v) is 8.23. The maximum absolute atomic E-state index is 12.7. The summed E-state index contributed by atoms with van der Waals surface area (Å²) in [5.74, 6) is 1.87. The number of rotatable bonds is 18. The highest BCUT2D eigenvalue weighted by Crippen LogP contribution is 2.39. The molecule has 1 heterocycles. The van der Waals surface area contributed by atoms with E-state index in [2.05, 4.69) is 18.4 Å². The molecule has 230 valence electrons. The molecule has 0 aromatic carbocycles. The fourth-order valence-electron chi connectivity index (χ4n) is 3.93. The molecule has 0 amide bonds. The fraction of sp³-hybridized carbons (Fsp3) is 0.793. The first-order valence-corrected chi connectivity index (χ1v) is 16.9. The summed E-state index contributed by atoms with van der Waals surface area (Å²) >= 11 is 0. The van der Waals surface area contributed by atoms with Gasteiger partial charge in [0.05, 0.1) is 6.61 Å². The van der Waals surface area contributed by atoms with E-state index in [9.17, 15) is 19.2 Å². The average molecular weight is 589 g/mol. The average Bonchev–Trinajstić information content (AvgIpc) is 2.86. The van der Waals surface area contributed by atoms with E-state index in [1.54, 1.807) is 0 Å². The summed E-state index contributed by atoms with van der Waals surface area (Å²) in [6, 6.07) is 0. The second kappa shape index (κ2) is 18.9. The van der Waals surface area contributed by atoms with E-state index in [1.807, 2.05) is 27.7 Å². The topological polar surface area (TPSA) is 124 Å². The number of carbonyl (C=O) groups excluding carboxylic acids is 4. The lowest BCUT2D eigenvalue weighted by Gasteiger charge is -2.44. The maximum atomic E-state index is 12.7. The maximum Gasteiger partial charge on any atom is 0.306 e. The Morgan fingerprint density at radius 2 is 1.23 bits per heavy atom. The van der Waals surface area contributed by atoms with Gasteiger partial charge in [0.1, 0.15) is 12.7 Å². The number of esters is 4. The third-order valence-electron chi connectivity index (χ3n) is 6.01. The van der Waals surface area contributed by atoms with Crippen molar-refractivity contribution in [2.75, 3.05) is 37.2 Å². The van der Waals surface area contributed by atoms with Crippen molar-refractivity contribution in [3.8, 4) is 12.3 Å². The molecule has 5 atom stereocenters. The van der Waals surface area contributed by atoms with E-state index in [0.29, 0.717) is 37.2 Å². The summed E-state index contributed by atoms with van der Waals surface area (Å²) in [7, 11) is -1.14. The Labute approximate surface area is 240 Å². The van der Waals surface area contributed by atoms with Gasteiger partial charge in [-0.05, 0) is 38.2 Å². The predicted molar refractivity (Wildman–Crippen MR) is 153 cm³/mol. The van der Waals surface area contributed by atoms with Crippen LogP contribution in [0.5, 0.6) is 0 Å². The zero-order valence-corrected chi connectivity index (χ0v) is 25.8. The fourth-order valence-corrected chi connectivity index (χ4v) is 5.07. The van der Waals surface area contributed by atoms with Gasteiger partial charge >= 0.3 is 23.9 Å². The van der Waals surface area contributed by atoms with Crippen LogP contribution >= 0.6 is 10.0 Å². The Hall–Kier alpha value is -2.29. The van der Waals surface area contributed by atoms with Gasteiger partial charge in [-0.2, -0.15) is 0 Å². The van der Waals surface area contributed by atoms with Gasteiger partial charge in [0.25, 0.3) is 0 Å². The summed E-state index contributed by atoms with van der Waals surface area (Å²) in [6.07, 6.45) is 6.56. The molecule has 40 heavy (non-hydrogen) atoms. The normalized spacial score (nSPS) is 23.0. The molecule has 1 saturated heterocycles. The van der Waals surface area contributed by atoms with E-state index in [4.69, 9.17) is 34.8 Å². The Morgan fingerprint density at radius 1 is 0.750 bits per heavy atom. The Kier molecular flexibility index (Phi) is 16.9. The van der Waals surface area contributed by atoms with E-state index in [0.717, 1.165) is 0 Å². The highest BCUT2D eigenvalue weighted by molar-refractivity contribution is 8.32. The van der Waals surface area contributed by atoms with Crippen molar-refractivity contribution >= 4 is 33.9 Å². The van der Waals surface area contributed by atoms with Crippen LogP contribution in [0.25, 0.3) is 0 Å². The van der Waals surface area contributed by atoms with Crippen LogP contribution in [0.3, 0.4) is 0 Å². The minimum atomic E-state index is -1.24. The molecule has 1 aliphatic rings. The zero-order valence-electron chi connectivity index (χ0n) is 24.9. The largest absolute Gasteiger partial charge is 0.463 e. The van der Waals surface area contributed by atoms with Crippen molar-refractivity contribution in [1.29, 1.82) is 0 Å². The molecular weight excluding hydrogens is 540 g/mol. The smallest absolute Gasteiger partial charge is 0.306 e. The van der Waals surface area contributed by atoms with E-state index in [-0.39, 0.29) is 38.9 Å². The van der Waals surface area contributed by atoms with Gasteiger partial charge in [-0.1, -0.05) is 33.6 Å². The van der Waals surface area contributed by atoms with Crippen LogP contribution in [-0.4, -0.2) is 91.8 Å². The molecular formula is C29H48O10S. The Balaban J connectivity index is 3.43. The summed E-state index contributed by atoms with van der Waals surface area (Å²) in [5.41, 5.74) is 0. The zero-order chi connectivity index (χ0) is 30.1. The number of ether oxygens (including phenoxy) is 6. The third kappa shape index (κ3) is 12.9. The lowest BCUT2D eigenvalue weighted by Crippen LogP contribution is -2.63. The molecule has 0 aliphatic carbocycles. The SMILES string of the molecule is C#CCS(C)(C)CCO[C@@H]1O[C@H](COC(=O)CCC)[C@@H](OC(=O)CCC)[C@H](OC(=O)CCC)[C@H]1OC(=O)CCC. The molecule has 0 aromatic heterocycles. The Bertz CT molecular complexity index is 852. The van der Waals surface area contributed by atoms with Crippen molar-refractivity contribution in [3.05, 3.63) is 0 Å². The first kappa shape index (κ1) is 35.7. The summed E-state index contributed by atoms with van der Waals surface area (Å²) < 4.78 is 35.0. The van der Waals surface area contributed by atoms with Gasteiger partial charge in [0.2, 0.25) is 0 Å². The van der Waals surface area contributed by atoms with Crippen LogP contribution in [0, 0.1) is 12.3 Å². The van der Waals surface area contributed by atoms with Gasteiger partial charge in [0, 0.05) is 37.2 Å². The van der Waals surface area contributed by atoms with Gasteiger partial charge in [-0.3, -0.25) is 19.2 Å². The first-order valence-electron chi connectivity index (χ1n) is 14.1. The number of hydrogen-bond acceptors (Lipinski definition) is 10. The van der Waals surface area contributed by atoms with Gasteiger partial charge < -0.3 is 28.4 Å². The minimum Gasteiger partial charge on any atom is -0.463 e. The summed E-state index contributed by atoms with van der Waals surface area (Å²) in [5, 5.41) is 0. The van der Waals surface area contributed by atoms with Gasteiger partial charge in [-0.15, -0.1) is 6.42 Å². The molecule has 1 fully saturated rings. The summed E-state index contributed by atoms with van der Waals surface area (Å²) in [6.45, 7) is 7.29. The van der Waals surface area contributed by atoms with Crippen LogP contribution in [0.15, 0.2) is 0 Å². The van der Waals surface area contributed by atoms with Crippen molar-refractivity contribution < 1.29 is 47.6 Å². The highest BCUT2D eigenvalue weighted by Gasteiger charge is 2.53. The second-order valence-electron chi connectivity index (χ2n) is 10.3. The van der Waals surface area contributed by atoms with Gasteiger partial charge in [0.15, 0.2) is 24.6 Å². The van der Waals surface area contributed by atoms with Crippen LogP contribution < -0.4 is 0 Å². The van der Waals surface area contributed by atoms with Crippen LogP contribution in [0.2, 0.25) is 0 Å². The number of hydrogen-bond donors (Lipinski definition) is 0. The minimum absolute atomic E-state index is 0.105. The molecule has 0 radical (unpaired) electrons. The molecule has 1 aliphatic heterocycles. The quantitative estimate of drug-likeness (QED) is 0.132. The molecule has 0 N–H and O–H groups in total. The van der Waals surface area contributed by atoms with Crippen molar-refractivity contribution in [2.24, 2.45) is 0 Å². The number of carbonyl (C=O) groups is 4. The van der Waals surface area contributed by atoms with Crippen LogP contribution in [-0.2, 0) is 47.6 Å². The van der Waals surface area contributed by atoms with Crippen LogP contribution in [0.1, 0.15) is 79.1 Å². The second-order valence-corrected chi connectivity index (χ2v) is 14.5. The molecule has 11 heteroatoms. The molecule has 0 bridgehead atoms. The van der Waals surface area contributed by atoms with E-state index in [1.165, 1.54) is 0 Å². The highest BCUT2D eigenvalue weighted by atomic mass is 32.3. The predicted octanol–water partition coefficient (Wildman–Crippen LogP) is 3.90. The Morgan fingerprint density at radius 3 is 1.73 bits per heavy atom. The standard InChI is InChI=1S/C29H48O10S/c1-8-13-22(30)35-20-21-26(37-23(31)14-9-2)27(38-24(32)15-10-3)28(39-25(33)16-11-4)29(36-21)34-17-19-40(6,7)18-12-5/h5,21,26-29H,8-11,13-20H2,1-4,6-7H3/t21-,26-,27+,28-,29-/m1/s1.